The van der Waals surface area contributed by atoms with Gasteiger partial charge in [0.25, 0.3) is 0 Å². The second-order valence-corrected chi connectivity index (χ2v) is 11.0. The summed E-state index contributed by atoms with van der Waals surface area (Å²) in [6.45, 7) is 0.423. The number of halogens is 5. The summed E-state index contributed by atoms with van der Waals surface area (Å²) < 4.78 is 71.5. The van der Waals surface area contributed by atoms with Gasteiger partial charge < -0.3 is 20.3 Å². The summed E-state index contributed by atoms with van der Waals surface area (Å²) in [6, 6.07) is 13.4. The average Bonchev–Trinajstić information content (AvgIpc) is 2.86. The molecule has 1 fully saturated rings. The smallest absolute Gasteiger partial charge is 0.457 e. The molecule has 1 aliphatic heterocycles. The molecule has 9 nitrogen and oxygen atoms in total. The number of amides is 1. The number of aromatic nitrogens is 1. The van der Waals surface area contributed by atoms with Gasteiger partial charge in [0.15, 0.2) is 14.6 Å². The molecule has 0 saturated carbocycles. The summed E-state index contributed by atoms with van der Waals surface area (Å²) in [5.41, 5.74) is 6.42. The second kappa shape index (κ2) is 13.0. The standard InChI is InChI=1S/C25H24F3N3O6S.2ClH/c26-25(27,28)37-20-5-3-18(4-6-20)36-19-7-9-21(10-8-19)38(34,35)24(23(29)33)11-13-31(22(32)14-24)16-17-2-1-12-30-15-17;;/h1-10,12,15,22,32H,11,13-14,16H2,(H2,29,33);2*1H. The van der Waals surface area contributed by atoms with E-state index in [0.29, 0.717) is 6.54 Å². The first-order chi connectivity index (χ1) is 17.9. The highest BCUT2D eigenvalue weighted by Crippen LogP contribution is 2.38. The number of benzene rings is 2. The van der Waals surface area contributed by atoms with Crippen molar-refractivity contribution < 1.29 is 41.0 Å². The Morgan fingerprint density at radius 2 is 1.62 bits per heavy atom. The predicted molar refractivity (Wildman–Crippen MR) is 143 cm³/mol. The number of rotatable bonds is 8. The molecule has 218 valence electrons. The molecule has 3 N–H and O–H groups in total. The molecule has 4 rings (SSSR count). The van der Waals surface area contributed by atoms with E-state index in [1.165, 1.54) is 36.4 Å². The Labute approximate surface area is 240 Å². The van der Waals surface area contributed by atoms with Crippen molar-refractivity contribution in [3.63, 3.8) is 0 Å². The molecule has 2 atom stereocenters. The summed E-state index contributed by atoms with van der Waals surface area (Å²) in [5, 5.41) is 10.8. The van der Waals surface area contributed by atoms with Crippen molar-refractivity contribution >= 4 is 40.6 Å². The van der Waals surface area contributed by atoms with E-state index in [2.05, 4.69) is 9.72 Å². The van der Waals surface area contributed by atoms with Crippen molar-refractivity contribution in [3.05, 3.63) is 78.6 Å². The van der Waals surface area contributed by atoms with E-state index in [9.17, 15) is 31.5 Å². The van der Waals surface area contributed by atoms with Crippen molar-refractivity contribution in [1.29, 1.82) is 0 Å². The Bertz CT molecular complexity index is 1380. The van der Waals surface area contributed by atoms with Gasteiger partial charge >= 0.3 is 6.36 Å². The molecule has 0 spiro atoms. The van der Waals surface area contributed by atoms with E-state index in [1.54, 1.807) is 23.4 Å². The maximum atomic E-state index is 13.6. The van der Waals surface area contributed by atoms with Gasteiger partial charge in [0.1, 0.15) is 23.5 Å². The largest absolute Gasteiger partial charge is 0.573 e. The number of sulfone groups is 1. The number of hydrogen-bond acceptors (Lipinski definition) is 8. The molecule has 3 aromatic rings. The van der Waals surface area contributed by atoms with Gasteiger partial charge in [0.2, 0.25) is 5.91 Å². The first-order valence-corrected chi connectivity index (χ1v) is 12.9. The fraction of sp³-hybridized carbons (Fsp3) is 0.280. The highest BCUT2D eigenvalue weighted by Gasteiger charge is 2.54. The highest BCUT2D eigenvalue weighted by atomic mass is 35.5. The van der Waals surface area contributed by atoms with Crippen LogP contribution in [0.25, 0.3) is 0 Å². The molecule has 1 saturated heterocycles. The van der Waals surface area contributed by atoms with Gasteiger partial charge in [-0.1, -0.05) is 6.07 Å². The quantitative estimate of drug-likeness (QED) is 0.381. The lowest BCUT2D eigenvalue weighted by molar-refractivity contribution is -0.274. The molecule has 40 heavy (non-hydrogen) atoms. The van der Waals surface area contributed by atoms with Crippen LogP contribution in [0, 0.1) is 0 Å². The molecule has 2 unspecified atom stereocenters. The van der Waals surface area contributed by atoms with E-state index < -0.39 is 45.3 Å². The van der Waals surface area contributed by atoms with Crippen LogP contribution in [0.4, 0.5) is 13.2 Å². The number of hydrogen-bond donors (Lipinski definition) is 2. The van der Waals surface area contributed by atoms with Crippen LogP contribution >= 0.6 is 24.8 Å². The zero-order chi connectivity index (χ0) is 27.6. The molecule has 15 heteroatoms. The first-order valence-electron chi connectivity index (χ1n) is 11.4. The van der Waals surface area contributed by atoms with Crippen LogP contribution < -0.4 is 15.2 Å². The summed E-state index contributed by atoms with van der Waals surface area (Å²) >= 11 is 0. The van der Waals surface area contributed by atoms with Gasteiger partial charge in [-0.3, -0.25) is 14.7 Å². The van der Waals surface area contributed by atoms with E-state index in [0.717, 1.165) is 17.7 Å². The monoisotopic (exact) mass is 623 g/mol. The Kier molecular flexibility index (Phi) is 10.8. The summed E-state index contributed by atoms with van der Waals surface area (Å²) in [7, 11) is -4.32. The third-order valence-electron chi connectivity index (χ3n) is 6.24. The molecular weight excluding hydrogens is 598 g/mol. The first kappa shape index (κ1) is 33.1. The van der Waals surface area contributed by atoms with Crippen molar-refractivity contribution in [2.75, 3.05) is 6.54 Å². The van der Waals surface area contributed by atoms with E-state index in [1.807, 2.05) is 6.07 Å². The number of primary amides is 1. The average molecular weight is 624 g/mol. The molecule has 1 aliphatic rings. The Hall–Kier alpha value is -3.10. The topological polar surface area (TPSA) is 132 Å². The number of piperidine rings is 1. The number of ether oxygens (including phenoxy) is 2. The van der Waals surface area contributed by atoms with Crippen LogP contribution in [0.5, 0.6) is 17.2 Å². The Morgan fingerprint density at radius 1 is 1.05 bits per heavy atom. The minimum Gasteiger partial charge on any atom is -0.457 e. The summed E-state index contributed by atoms with van der Waals surface area (Å²) in [4.78, 5) is 18.0. The number of pyridine rings is 1. The predicted octanol–water partition coefficient (Wildman–Crippen LogP) is 4.23. The van der Waals surface area contributed by atoms with Crippen LogP contribution in [-0.2, 0) is 21.2 Å². The number of nitrogens with zero attached hydrogens (tertiary/aromatic N) is 2. The molecule has 2 aromatic carbocycles. The van der Waals surface area contributed by atoms with Crippen molar-refractivity contribution in [2.45, 2.75) is 41.6 Å². The number of likely N-dealkylation sites (tertiary alicyclic amines) is 1. The van der Waals surface area contributed by atoms with Crippen LogP contribution in [0.3, 0.4) is 0 Å². The molecule has 1 aromatic heterocycles. The van der Waals surface area contributed by atoms with Gasteiger partial charge in [-0.25, -0.2) is 8.42 Å². The van der Waals surface area contributed by atoms with Crippen molar-refractivity contribution in [2.24, 2.45) is 5.73 Å². The number of carbonyl (C=O) groups excluding carboxylic acids is 1. The normalized spacial score (nSPS) is 19.6. The van der Waals surface area contributed by atoms with Crippen molar-refractivity contribution in [3.8, 4) is 17.2 Å². The maximum Gasteiger partial charge on any atom is 0.573 e. The maximum absolute atomic E-state index is 13.6. The zero-order valence-corrected chi connectivity index (χ0v) is 23.1. The van der Waals surface area contributed by atoms with Gasteiger partial charge in [0.05, 0.1) is 4.90 Å². The molecule has 1 amide bonds. The second-order valence-electron chi connectivity index (χ2n) is 8.72. The van der Waals surface area contributed by atoms with E-state index >= 15 is 0 Å². The third-order valence-corrected chi connectivity index (χ3v) is 8.73. The number of aliphatic hydroxyl groups is 1. The van der Waals surface area contributed by atoms with E-state index in [-0.39, 0.29) is 54.2 Å². The number of carbonyl (C=O) groups is 1. The molecular formula is C25H26Cl2F3N3O6S. The minimum absolute atomic E-state index is 0. The fourth-order valence-corrected chi connectivity index (χ4v) is 6.21. The van der Waals surface area contributed by atoms with E-state index in [4.69, 9.17) is 10.5 Å². The lowest BCUT2D eigenvalue weighted by Crippen LogP contribution is -2.59. The number of aliphatic hydroxyl groups excluding tert-OH is 1. The van der Waals surface area contributed by atoms with Crippen LogP contribution in [0.1, 0.15) is 18.4 Å². The molecule has 0 bridgehead atoms. The van der Waals surface area contributed by atoms with Crippen LogP contribution in [0.2, 0.25) is 0 Å². The van der Waals surface area contributed by atoms with Crippen molar-refractivity contribution in [1.82, 2.24) is 9.88 Å². The molecule has 0 radical (unpaired) electrons. The van der Waals surface area contributed by atoms with Gasteiger partial charge in [-0.15, -0.1) is 38.0 Å². The zero-order valence-electron chi connectivity index (χ0n) is 20.7. The fourth-order valence-electron chi connectivity index (χ4n) is 4.27. The van der Waals surface area contributed by atoms with Crippen LogP contribution in [-0.4, -0.2) is 53.2 Å². The third kappa shape index (κ3) is 7.34. The van der Waals surface area contributed by atoms with Gasteiger partial charge in [-0.05, 0) is 66.6 Å². The van der Waals surface area contributed by atoms with Gasteiger partial charge in [-0.2, -0.15) is 0 Å². The lowest BCUT2D eigenvalue weighted by atomic mass is 9.93. The minimum atomic E-state index is -4.82. The number of alkyl halides is 3. The summed E-state index contributed by atoms with van der Waals surface area (Å²) in [5.74, 6) is -1.09. The SMILES string of the molecule is Cl.Cl.NC(=O)C1(S(=O)(=O)c2ccc(Oc3ccc(OC(F)(F)F)cc3)cc2)CCN(Cc2cccnc2)C(O)C1. The molecule has 0 aliphatic carbocycles. The Balaban J connectivity index is 0.00000280. The van der Waals surface area contributed by atoms with Gasteiger partial charge in [0, 0.05) is 31.9 Å². The molecule has 2 heterocycles. The summed E-state index contributed by atoms with van der Waals surface area (Å²) in [6.07, 6.45) is -3.34. The Morgan fingerprint density at radius 3 is 2.12 bits per heavy atom. The lowest BCUT2D eigenvalue weighted by Gasteiger charge is -2.42. The van der Waals surface area contributed by atoms with Crippen LogP contribution in [0.15, 0.2) is 78.0 Å². The number of nitrogens with two attached hydrogens (primary N) is 1. The highest BCUT2D eigenvalue weighted by molar-refractivity contribution is 7.93.